The first-order chi connectivity index (χ1) is 19.4. The smallest absolute Gasteiger partial charge is 0.293 e. The van der Waals surface area contributed by atoms with Gasteiger partial charge in [-0.2, -0.15) is 0 Å². The second-order valence-corrected chi connectivity index (χ2v) is 11.3. The van der Waals surface area contributed by atoms with E-state index >= 15 is 0 Å². The van der Waals surface area contributed by atoms with E-state index in [9.17, 15) is 9.59 Å². The van der Waals surface area contributed by atoms with Crippen LogP contribution in [-0.2, 0) is 17.9 Å². The zero-order valence-corrected chi connectivity index (χ0v) is 24.3. The summed E-state index contributed by atoms with van der Waals surface area (Å²) in [4.78, 5) is 27.4. The fourth-order valence-corrected chi connectivity index (χ4v) is 6.20. The summed E-state index contributed by atoms with van der Waals surface area (Å²) < 4.78 is 23.2. The molecule has 0 aromatic heterocycles. The molecule has 0 bridgehead atoms. The normalized spacial score (nSPS) is 15.4. The number of methoxy groups -OCH3 is 1. The number of hydrogen-bond donors (Lipinski definition) is 0. The van der Waals surface area contributed by atoms with Crippen LogP contribution in [0, 0.1) is 0 Å². The largest absolute Gasteiger partial charge is 0.493 e. The second-order valence-electron chi connectivity index (χ2n) is 9.03. The van der Waals surface area contributed by atoms with E-state index in [-0.39, 0.29) is 18.6 Å². The molecule has 2 aliphatic heterocycles. The number of carbonyl (C=O) groups is 2. The Labute approximate surface area is 247 Å². The Bertz CT molecular complexity index is 1700. The summed E-state index contributed by atoms with van der Waals surface area (Å²) in [6, 6.07) is 21.2. The molecule has 2 aliphatic rings. The lowest BCUT2D eigenvalue weighted by Crippen LogP contribution is -2.27. The maximum atomic E-state index is 13.2. The molecule has 4 aromatic carbocycles. The molecule has 2 amide bonds. The average molecular weight is 639 g/mol. The molecule has 6 rings (SSSR count). The van der Waals surface area contributed by atoms with Crippen LogP contribution in [0.4, 0.5) is 4.79 Å². The van der Waals surface area contributed by atoms with Crippen LogP contribution in [0.25, 0.3) is 16.8 Å². The van der Waals surface area contributed by atoms with Crippen molar-refractivity contribution in [3.8, 4) is 23.0 Å². The van der Waals surface area contributed by atoms with E-state index in [1.807, 2.05) is 30.3 Å². The van der Waals surface area contributed by atoms with Crippen molar-refractivity contribution in [2.24, 2.45) is 0 Å². The van der Waals surface area contributed by atoms with Crippen molar-refractivity contribution >= 4 is 67.3 Å². The number of rotatable bonds is 7. The number of hydrogen-bond acceptors (Lipinski definition) is 7. The van der Waals surface area contributed by atoms with Gasteiger partial charge in [0.25, 0.3) is 11.1 Å². The Morgan fingerprint density at radius 3 is 2.62 bits per heavy atom. The number of amides is 2. The van der Waals surface area contributed by atoms with Gasteiger partial charge in [0, 0.05) is 11.1 Å². The number of nitrogens with zero attached hydrogens (tertiary/aromatic N) is 1. The van der Waals surface area contributed by atoms with Gasteiger partial charge in [0.05, 0.1) is 23.0 Å². The predicted octanol–water partition coefficient (Wildman–Crippen LogP) is 7.81. The van der Waals surface area contributed by atoms with Gasteiger partial charge in [0.15, 0.2) is 23.0 Å². The van der Waals surface area contributed by atoms with E-state index in [0.717, 1.165) is 33.0 Å². The number of thioether (sulfide) groups is 1. The van der Waals surface area contributed by atoms with Crippen molar-refractivity contribution in [1.82, 2.24) is 4.90 Å². The molecule has 7 nitrogen and oxygen atoms in total. The number of halogens is 2. The van der Waals surface area contributed by atoms with Gasteiger partial charge in [0.2, 0.25) is 6.79 Å². The SMILES string of the molecule is COc1cc(/C=C2/SC(=O)N(Cc3cc4c(cc3Cl)OCO4)C2=O)cc(Br)c1OCc1cccc2ccccc12. The van der Waals surface area contributed by atoms with Crippen LogP contribution in [0.3, 0.4) is 0 Å². The summed E-state index contributed by atoms with van der Waals surface area (Å²) in [6.45, 7) is 0.466. The molecule has 2 heterocycles. The minimum Gasteiger partial charge on any atom is -0.493 e. The molecule has 0 saturated carbocycles. The minimum atomic E-state index is -0.407. The second kappa shape index (κ2) is 11.1. The fourth-order valence-electron chi connectivity index (χ4n) is 4.57. The Kier molecular flexibility index (Phi) is 7.35. The monoisotopic (exact) mass is 637 g/mol. The zero-order chi connectivity index (χ0) is 27.8. The van der Waals surface area contributed by atoms with Gasteiger partial charge in [-0.05, 0) is 79.4 Å². The molecule has 1 fully saturated rings. The van der Waals surface area contributed by atoms with Crippen LogP contribution in [0.15, 0.2) is 76.1 Å². The number of fused-ring (bicyclic) bond motifs is 2. The maximum absolute atomic E-state index is 13.2. The lowest BCUT2D eigenvalue weighted by Gasteiger charge is -2.15. The summed E-state index contributed by atoms with van der Waals surface area (Å²) >= 11 is 10.8. The third-order valence-corrected chi connectivity index (χ3v) is 8.39. The molecular formula is C30H21BrClNO6S. The van der Waals surface area contributed by atoms with E-state index < -0.39 is 5.91 Å². The molecule has 0 spiro atoms. The Hall–Kier alpha value is -3.66. The third kappa shape index (κ3) is 5.12. The standard InChI is InChI=1S/C30H21BrClNO6S/c1-36-26-10-17(9-22(31)28(26)37-15-19-7-4-6-18-5-2-3-8-21(18)19)11-27-29(34)33(30(35)40-27)14-20-12-24-25(13-23(20)32)39-16-38-24/h2-13H,14-16H2,1H3/b27-11+. The summed E-state index contributed by atoms with van der Waals surface area (Å²) in [5.74, 6) is 1.69. The summed E-state index contributed by atoms with van der Waals surface area (Å²) in [5.41, 5.74) is 2.31. The van der Waals surface area contributed by atoms with Crippen LogP contribution in [0.2, 0.25) is 5.02 Å². The predicted molar refractivity (Wildman–Crippen MR) is 158 cm³/mol. The third-order valence-electron chi connectivity index (χ3n) is 6.55. The van der Waals surface area contributed by atoms with Gasteiger partial charge in [-0.3, -0.25) is 14.5 Å². The molecule has 0 radical (unpaired) electrons. The highest BCUT2D eigenvalue weighted by Crippen LogP contribution is 2.41. The van der Waals surface area contributed by atoms with Crippen LogP contribution in [-0.4, -0.2) is 29.9 Å². The average Bonchev–Trinajstić information content (AvgIpc) is 3.51. The van der Waals surface area contributed by atoms with Gasteiger partial charge in [-0.15, -0.1) is 0 Å². The highest BCUT2D eigenvalue weighted by molar-refractivity contribution is 9.10. The van der Waals surface area contributed by atoms with Crippen molar-refractivity contribution < 1.29 is 28.5 Å². The first kappa shape index (κ1) is 26.6. The summed E-state index contributed by atoms with van der Waals surface area (Å²) in [6.07, 6.45) is 1.66. The van der Waals surface area contributed by atoms with E-state index in [1.54, 1.807) is 31.4 Å². The molecule has 40 heavy (non-hydrogen) atoms. The van der Waals surface area contributed by atoms with Crippen LogP contribution in [0.1, 0.15) is 16.7 Å². The van der Waals surface area contributed by atoms with Gasteiger partial charge in [-0.25, -0.2) is 0 Å². The molecule has 0 aliphatic carbocycles. The lowest BCUT2D eigenvalue weighted by molar-refractivity contribution is -0.123. The molecule has 1 saturated heterocycles. The highest BCUT2D eigenvalue weighted by Gasteiger charge is 2.36. The van der Waals surface area contributed by atoms with E-state index in [0.29, 0.717) is 55.1 Å². The highest BCUT2D eigenvalue weighted by atomic mass is 79.9. The topological polar surface area (TPSA) is 74.3 Å². The molecular weight excluding hydrogens is 618 g/mol. The van der Waals surface area contributed by atoms with E-state index in [4.69, 9.17) is 30.5 Å². The van der Waals surface area contributed by atoms with Crippen molar-refractivity contribution in [2.75, 3.05) is 13.9 Å². The summed E-state index contributed by atoms with van der Waals surface area (Å²) in [5, 5.41) is 2.26. The van der Waals surface area contributed by atoms with Crippen LogP contribution >= 0.6 is 39.3 Å². The minimum absolute atomic E-state index is 0.0193. The molecule has 0 atom stereocenters. The first-order valence-corrected chi connectivity index (χ1v) is 14.2. The van der Waals surface area contributed by atoms with E-state index in [1.165, 1.54) is 0 Å². The first-order valence-electron chi connectivity index (χ1n) is 12.2. The molecule has 0 N–H and O–H groups in total. The molecule has 10 heteroatoms. The number of carbonyl (C=O) groups excluding carboxylic acids is 2. The lowest BCUT2D eigenvalue weighted by atomic mass is 10.1. The van der Waals surface area contributed by atoms with Crippen molar-refractivity contribution in [3.63, 3.8) is 0 Å². The Balaban J connectivity index is 1.22. The zero-order valence-electron chi connectivity index (χ0n) is 21.1. The molecule has 0 unspecified atom stereocenters. The van der Waals surface area contributed by atoms with Gasteiger partial charge in [0.1, 0.15) is 6.61 Å². The molecule has 202 valence electrons. The van der Waals surface area contributed by atoms with Crippen LogP contribution < -0.4 is 18.9 Å². The Morgan fingerprint density at radius 1 is 1.02 bits per heavy atom. The maximum Gasteiger partial charge on any atom is 0.293 e. The van der Waals surface area contributed by atoms with Crippen molar-refractivity contribution in [2.45, 2.75) is 13.2 Å². The van der Waals surface area contributed by atoms with Gasteiger partial charge < -0.3 is 18.9 Å². The molecule has 4 aromatic rings. The number of imide groups is 1. The van der Waals surface area contributed by atoms with Gasteiger partial charge >= 0.3 is 0 Å². The van der Waals surface area contributed by atoms with Crippen molar-refractivity contribution in [1.29, 1.82) is 0 Å². The van der Waals surface area contributed by atoms with Crippen molar-refractivity contribution in [3.05, 3.63) is 97.8 Å². The Morgan fingerprint density at radius 2 is 1.80 bits per heavy atom. The summed E-state index contributed by atoms with van der Waals surface area (Å²) in [7, 11) is 1.55. The number of benzene rings is 4. The quantitative estimate of drug-likeness (QED) is 0.191. The number of ether oxygens (including phenoxy) is 4. The van der Waals surface area contributed by atoms with E-state index in [2.05, 4.69) is 34.1 Å². The van der Waals surface area contributed by atoms with Crippen LogP contribution in [0.5, 0.6) is 23.0 Å². The van der Waals surface area contributed by atoms with Gasteiger partial charge in [-0.1, -0.05) is 54.1 Å². The fraction of sp³-hybridized carbons (Fsp3) is 0.133.